The summed E-state index contributed by atoms with van der Waals surface area (Å²) in [5.41, 5.74) is 9.44. The van der Waals surface area contributed by atoms with Crippen molar-refractivity contribution in [3.8, 4) is 34.5 Å². The average molecular weight is 433 g/mol. The minimum atomic E-state index is -0.538. The Hall–Kier alpha value is -4.56. The number of primary amides is 1. The normalized spacial score (nSPS) is 19.4. The first-order valence-corrected chi connectivity index (χ1v) is 10.5. The molecule has 2 aromatic carbocycles. The van der Waals surface area contributed by atoms with Crippen LogP contribution in [-0.2, 0) is 5.54 Å². The molecule has 8 heteroatoms. The number of carbonyl (C=O) groups excluding carboxylic acids is 1. The second kappa shape index (κ2) is 7.85. The van der Waals surface area contributed by atoms with Crippen molar-refractivity contribution in [1.82, 2.24) is 20.0 Å². The molecular formula is C25H19N7O. The van der Waals surface area contributed by atoms with Gasteiger partial charge in [0.15, 0.2) is 0 Å². The van der Waals surface area contributed by atoms with Crippen LogP contribution < -0.4 is 5.73 Å². The predicted molar refractivity (Wildman–Crippen MR) is 121 cm³/mol. The lowest BCUT2D eigenvalue weighted by atomic mass is 9.68. The molecular weight excluding hydrogens is 414 g/mol. The Kier molecular flexibility index (Phi) is 4.84. The lowest BCUT2D eigenvalue weighted by Crippen LogP contribution is -2.47. The largest absolute Gasteiger partial charge is 0.366 e. The molecule has 1 aliphatic carbocycles. The predicted octanol–water partition coefficient (Wildman–Crippen LogP) is 3.80. The smallest absolute Gasteiger partial charge is 0.248 e. The van der Waals surface area contributed by atoms with E-state index in [0.717, 1.165) is 27.6 Å². The van der Waals surface area contributed by atoms with Crippen LogP contribution in [0.2, 0.25) is 0 Å². The summed E-state index contributed by atoms with van der Waals surface area (Å²) in [7, 11) is 0. The maximum Gasteiger partial charge on any atom is 0.248 e. The fourth-order valence-electron chi connectivity index (χ4n) is 4.48. The van der Waals surface area contributed by atoms with E-state index in [1.54, 1.807) is 29.3 Å². The van der Waals surface area contributed by atoms with E-state index in [4.69, 9.17) is 10.8 Å². The van der Waals surface area contributed by atoms with Crippen molar-refractivity contribution in [3.05, 3.63) is 66.5 Å². The van der Waals surface area contributed by atoms with Crippen LogP contribution >= 0.6 is 0 Å². The Labute approximate surface area is 189 Å². The van der Waals surface area contributed by atoms with Crippen LogP contribution in [0.5, 0.6) is 0 Å². The van der Waals surface area contributed by atoms with Crippen molar-refractivity contribution < 1.29 is 4.79 Å². The Morgan fingerprint density at radius 1 is 1.15 bits per heavy atom. The number of carbonyl (C=O) groups is 1. The van der Waals surface area contributed by atoms with Crippen molar-refractivity contribution in [2.24, 2.45) is 11.7 Å². The fraction of sp³-hybridized carbons (Fsp3) is 0.200. The highest BCUT2D eigenvalue weighted by Gasteiger charge is 2.48. The van der Waals surface area contributed by atoms with Crippen LogP contribution in [0.1, 0.15) is 29.6 Å². The number of hydrogen-bond donors (Lipinski definition) is 1. The second-order valence-corrected chi connectivity index (χ2v) is 8.35. The summed E-state index contributed by atoms with van der Waals surface area (Å²) in [6, 6.07) is 19.5. The van der Waals surface area contributed by atoms with Crippen LogP contribution in [0.25, 0.3) is 33.3 Å². The molecule has 2 heterocycles. The molecule has 2 N–H and O–H groups in total. The molecule has 0 saturated heterocycles. The number of pyridine rings is 1. The number of amides is 1. The summed E-state index contributed by atoms with van der Waals surface area (Å²) < 4.78 is 0. The van der Waals surface area contributed by atoms with Gasteiger partial charge in [-0.2, -0.15) is 25.5 Å². The highest BCUT2D eigenvalue weighted by atomic mass is 16.1. The zero-order valence-electron chi connectivity index (χ0n) is 17.6. The van der Waals surface area contributed by atoms with Crippen molar-refractivity contribution in [2.75, 3.05) is 0 Å². The first-order chi connectivity index (χ1) is 16.0. The van der Waals surface area contributed by atoms with Crippen LogP contribution in [0.4, 0.5) is 0 Å². The lowest BCUT2D eigenvalue weighted by molar-refractivity contribution is 0.0713. The third-order valence-corrected chi connectivity index (χ3v) is 6.26. The van der Waals surface area contributed by atoms with Gasteiger partial charge in [-0.15, -0.1) is 0 Å². The Morgan fingerprint density at radius 3 is 2.64 bits per heavy atom. The molecule has 5 rings (SSSR count). The van der Waals surface area contributed by atoms with Crippen LogP contribution in [0.3, 0.4) is 0 Å². The SMILES string of the molecule is N#CCC1(n2ncc(-c3cc(-c4ccc(C(N)=O)cc4)cc4ncccc34)n2)CC(C#N)C1. The summed E-state index contributed by atoms with van der Waals surface area (Å²) in [5.74, 6) is -0.551. The minimum absolute atomic E-state index is 0.0791. The van der Waals surface area contributed by atoms with E-state index in [0.29, 0.717) is 24.1 Å². The number of nitriles is 2. The van der Waals surface area contributed by atoms with Crippen LogP contribution in [0, 0.1) is 28.6 Å². The maximum absolute atomic E-state index is 11.4. The highest BCUT2D eigenvalue weighted by Crippen LogP contribution is 2.45. The first-order valence-electron chi connectivity index (χ1n) is 10.5. The molecule has 0 radical (unpaired) electrons. The molecule has 1 aliphatic rings. The van der Waals surface area contributed by atoms with Crippen molar-refractivity contribution in [1.29, 1.82) is 10.5 Å². The Morgan fingerprint density at radius 2 is 1.94 bits per heavy atom. The standard InChI is InChI=1S/C25H19N7O/c26-8-7-25(12-16(13-25)14-27)32-30-15-23(31-32)21-10-19(11-22-20(21)2-1-9-29-22)17-3-5-18(6-4-17)24(28)33/h1-6,9-11,15-16H,7,12-13H2,(H2,28,33). The quantitative estimate of drug-likeness (QED) is 0.509. The van der Waals surface area contributed by atoms with Gasteiger partial charge in [-0.05, 0) is 54.3 Å². The summed E-state index contributed by atoms with van der Waals surface area (Å²) in [6.07, 6.45) is 4.83. The highest BCUT2D eigenvalue weighted by molar-refractivity contribution is 5.97. The lowest BCUT2D eigenvalue weighted by Gasteiger charge is -2.42. The number of nitrogens with two attached hydrogens (primary N) is 1. The van der Waals surface area contributed by atoms with E-state index in [1.165, 1.54) is 0 Å². The first kappa shape index (κ1) is 20.3. The zero-order chi connectivity index (χ0) is 23.0. The Balaban J connectivity index is 1.60. The van der Waals surface area contributed by atoms with Gasteiger partial charge in [-0.1, -0.05) is 18.2 Å². The maximum atomic E-state index is 11.4. The molecule has 0 unspecified atom stereocenters. The Bertz CT molecular complexity index is 1450. The molecule has 0 spiro atoms. The molecule has 2 aromatic heterocycles. The van der Waals surface area contributed by atoms with E-state index in [1.807, 2.05) is 36.4 Å². The molecule has 0 aliphatic heterocycles. The number of nitrogens with zero attached hydrogens (tertiary/aromatic N) is 6. The van der Waals surface area contributed by atoms with Gasteiger partial charge in [0.2, 0.25) is 5.91 Å². The number of fused-ring (bicyclic) bond motifs is 1. The van der Waals surface area contributed by atoms with Gasteiger partial charge in [0.25, 0.3) is 0 Å². The van der Waals surface area contributed by atoms with Crippen molar-refractivity contribution in [2.45, 2.75) is 24.8 Å². The molecule has 0 bridgehead atoms. The average Bonchev–Trinajstić information content (AvgIpc) is 3.31. The number of benzene rings is 2. The summed E-state index contributed by atoms with van der Waals surface area (Å²) in [4.78, 5) is 17.5. The van der Waals surface area contributed by atoms with Gasteiger partial charge in [0.1, 0.15) is 5.69 Å². The van der Waals surface area contributed by atoms with E-state index in [2.05, 4.69) is 22.2 Å². The van der Waals surface area contributed by atoms with E-state index >= 15 is 0 Å². The molecule has 4 aromatic rings. The molecule has 33 heavy (non-hydrogen) atoms. The van der Waals surface area contributed by atoms with Gasteiger partial charge in [-0.3, -0.25) is 9.78 Å². The fourth-order valence-corrected chi connectivity index (χ4v) is 4.48. The van der Waals surface area contributed by atoms with Crippen LogP contribution in [0.15, 0.2) is 60.9 Å². The molecule has 8 nitrogen and oxygen atoms in total. The van der Waals surface area contributed by atoms with Gasteiger partial charge in [-0.25, -0.2) is 0 Å². The van der Waals surface area contributed by atoms with Crippen LogP contribution in [-0.4, -0.2) is 25.9 Å². The number of hydrogen-bond acceptors (Lipinski definition) is 6. The zero-order valence-corrected chi connectivity index (χ0v) is 17.6. The van der Waals surface area contributed by atoms with Gasteiger partial charge in [0, 0.05) is 22.7 Å². The monoisotopic (exact) mass is 433 g/mol. The number of aromatic nitrogens is 4. The molecule has 0 atom stereocenters. The summed E-state index contributed by atoms with van der Waals surface area (Å²) in [5, 5.41) is 28.7. The van der Waals surface area contributed by atoms with Gasteiger partial charge < -0.3 is 5.73 Å². The second-order valence-electron chi connectivity index (χ2n) is 8.35. The van der Waals surface area contributed by atoms with Crippen molar-refractivity contribution in [3.63, 3.8) is 0 Å². The molecule has 1 amide bonds. The summed E-state index contributed by atoms with van der Waals surface area (Å²) >= 11 is 0. The molecule has 160 valence electrons. The molecule has 1 saturated carbocycles. The summed E-state index contributed by atoms with van der Waals surface area (Å²) in [6.45, 7) is 0. The third kappa shape index (κ3) is 3.48. The third-order valence-electron chi connectivity index (χ3n) is 6.26. The van der Waals surface area contributed by atoms with Crippen molar-refractivity contribution >= 4 is 16.8 Å². The van der Waals surface area contributed by atoms with E-state index in [-0.39, 0.29) is 12.3 Å². The van der Waals surface area contributed by atoms with Gasteiger partial charge >= 0.3 is 0 Å². The van der Waals surface area contributed by atoms with Gasteiger partial charge in [0.05, 0.1) is 41.7 Å². The minimum Gasteiger partial charge on any atom is -0.366 e. The van der Waals surface area contributed by atoms with E-state index < -0.39 is 11.4 Å². The molecule has 1 fully saturated rings. The van der Waals surface area contributed by atoms with E-state index in [9.17, 15) is 15.3 Å². The number of rotatable bonds is 5. The topological polar surface area (TPSA) is 134 Å².